The number of likely N-dealkylation sites (N-methyl/N-ethyl adjacent to an activating group) is 1. The first-order valence-electron chi connectivity index (χ1n) is 5.62. The van der Waals surface area contributed by atoms with Gasteiger partial charge in [-0.3, -0.25) is 4.79 Å². The van der Waals surface area contributed by atoms with Crippen LogP contribution in [-0.2, 0) is 0 Å². The molecule has 0 aliphatic carbocycles. The zero-order valence-corrected chi connectivity index (χ0v) is 10.7. The van der Waals surface area contributed by atoms with Crippen LogP contribution < -0.4 is 14.8 Å². The summed E-state index contributed by atoms with van der Waals surface area (Å²) in [6.45, 7) is 0.298. The molecule has 96 valence electrons. The number of fused-ring (bicyclic) bond motifs is 1. The first-order valence-corrected chi connectivity index (χ1v) is 5.62. The van der Waals surface area contributed by atoms with E-state index in [1.54, 1.807) is 33.5 Å². The van der Waals surface area contributed by atoms with Crippen molar-refractivity contribution >= 4 is 16.7 Å². The van der Waals surface area contributed by atoms with Crippen molar-refractivity contribution in [2.24, 2.45) is 0 Å². The van der Waals surface area contributed by atoms with E-state index in [-0.39, 0.29) is 5.78 Å². The van der Waals surface area contributed by atoms with Crippen molar-refractivity contribution in [1.82, 2.24) is 10.3 Å². The van der Waals surface area contributed by atoms with E-state index in [2.05, 4.69) is 10.3 Å². The fraction of sp³-hybridized carbons (Fsp3) is 0.308. The van der Waals surface area contributed by atoms with Gasteiger partial charge in [0.15, 0.2) is 5.78 Å². The topological polar surface area (TPSA) is 63.4 Å². The van der Waals surface area contributed by atoms with Gasteiger partial charge in [0.25, 0.3) is 0 Å². The Balaban J connectivity index is 2.60. The SMILES string of the molecule is CNCC(=O)c1c[nH]c2c(OC)cc(OC)cc12. The number of carbonyl (C=O) groups excluding carboxylic acids is 1. The summed E-state index contributed by atoms with van der Waals surface area (Å²) in [5.74, 6) is 1.35. The van der Waals surface area contributed by atoms with Crippen molar-refractivity contribution in [2.45, 2.75) is 0 Å². The molecule has 0 spiro atoms. The maximum atomic E-state index is 12.0. The monoisotopic (exact) mass is 248 g/mol. The Morgan fingerprint density at radius 2 is 2.11 bits per heavy atom. The lowest BCUT2D eigenvalue weighted by atomic mass is 10.1. The summed E-state index contributed by atoms with van der Waals surface area (Å²) < 4.78 is 10.5. The number of H-pyrrole nitrogens is 1. The summed E-state index contributed by atoms with van der Waals surface area (Å²) in [5.41, 5.74) is 1.44. The molecule has 0 atom stereocenters. The minimum Gasteiger partial charge on any atom is -0.497 e. The number of nitrogens with one attached hydrogen (secondary N) is 2. The Kier molecular flexibility index (Phi) is 3.53. The molecular weight excluding hydrogens is 232 g/mol. The van der Waals surface area contributed by atoms with Gasteiger partial charge in [-0.2, -0.15) is 0 Å². The number of hydrogen-bond acceptors (Lipinski definition) is 4. The average molecular weight is 248 g/mol. The summed E-state index contributed by atoms with van der Waals surface area (Å²) in [6, 6.07) is 3.61. The van der Waals surface area contributed by atoms with Crippen LogP contribution in [0.4, 0.5) is 0 Å². The highest BCUT2D eigenvalue weighted by atomic mass is 16.5. The average Bonchev–Trinajstić information content (AvgIpc) is 2.81. The highest BCUT2D eigenvalue weighted by Gasteiger charge is 2.15. The third kappa shape index (κ3) is 2.04. The van der Waals surface area contributed by atoms with Gasteiger partial charge in [0.05, 0.1) is 26.3 Å². The first-order chi connectivity index (χ1) is 8.71. The first kappa shape index (κ1) is 12.4. The molecule has 0 saturated heterocycles. The number of hydrogen-bond donors (Lipinski definition) is 2. The number of carbonyl (C=O) groups is 1. The predicted molar refractivity (Wildman–Crippen MR) is 69.7 cm³/mol. The second-order valence-corrected chi connectivity index (χ2v) is 3.91. The summed E-state index contributed by atoms with van der Waals surface area (Å²) in [4.78, 5) is 15.0. The van der Waals surface area contributed by atoms with Gasteiger partial charge < -0.3 is 19.8 Å². The normalized spacial score (nSPS) is 10.6. The lowest BCUT2D eigenvalue weighted by molar-refractivity contribution is 0.0995. The van der Waals surface area contributed by atoms with Gasteiger partial charge in [0.2, 0.25) is 0 Å². The second kappa shape index (κ2) is 5.10. The molecule has 5 heteroatoms. The van der Waals surface area contributed by atoms with E-state index in [1.807, 2.05) is 6.07 Å². The zero-order chi connectivity index (χ0) is 13.1. The van der Waals surface area contributed by atoms with E-state index in [1.165, 1.54) is 0 Å². The van der Waals surface area contributed by atoms with Gasteiger partial charge in [-0.25, -0.2) is 0 Å². The molecule has 0 radical (unpaired) electrons. The molecule has 0 amide bonds. The van der Waals surface area contributed by atoms with Crippen LogP contribution in [0.5, 0.6) is 11.5 Å². The largest absolute Gasteiger partial charge is 0.497 e. The quantitative estimate of drug-likeness (QED) is 0.789. The third-order valence-electron chi connectivity index (χ3n) is 2.82. The maximum absolute atomic E-state index is 12.0. The number of ketones is 1. The molecule has 1 aromatic carbocycles. The van der Waals surface area contributed by atoms with E-state index in [0.717, 1.165) is 10.9 Å². The number of methoxy groups -OCH3 is 2. The van der Waals surface area contributed by atoms with Crippen LogP contribution in [0.2, 0.25) is 0 Å². The van der Waals surface area contributed by atoms with Gasteiger partial charge in [0, 0.05) is 23.2 Å². The van der Waals surface area contributed by atoms with Crippen molar-refractivity contribution in [3.63, 3.8) is 0 Å². The van der Waals surface area contributed by atoms with Gasteiger partial charge in [-0.05, 0) is 13.1 Å². The Morgan fingerprint density at radius 3 is 2.72 bits per heavy atom. The van der Waals surface area contributed by atoms with Crippen LogP contribution in [-0.4, -0.2) is 38.6 Å². The van der Waals surface area contributed by atoms with E-state index in [0.29, 0.717) is 23.6 Å². The standard InChI is InChI=1S/C13H16N2O3/c1-14-7-11(16)10-6-15-13-9(10)4-8(17-2)5-12(13)18-3/h4-6,14-15H,7H2,1-3H3. The van der Waals surface area contributed by atoms with Crippen LogP contribution in [0.1, 0.15) is 10.4 Å². The summed E-state index contributed by atoms with van der Waals surface area (Å²) in [6.07, 6.45) is 1.70. The number of benzene rings is 1. The van der Waals surface area contributed by atoms with E-state index < -0.39 is 0 Å². The molecule has 2 N–H and O–H groups in total. The van der Waals surface area contributed by atoms with E-state index >= 15 is 0 Å². The summed E-state index contributed by atoms with van der Waals surface area (Å²) in [5, 5.41) is 3.66. The van der Waals surface area contributed by atoms with Crippen LogP contribution in [0.3, 0.4) is 0 Å². The van der Waals surface area contributed by atoms with Crippen LogP contribution in [0, 0.1) is 0 Å². The van der Waals surface area contributed by atoms with E-state index in [4.69, 9.17) is 9.47 Å². The smallest absolute Gasteiger partial charge is 0.178 e. The van der Waals surface area contributed by atoms with Crippen molar-refractivity contribution in [2.75, 3.05) is 27.8 Å². The lowest BCUT2D eigenvalue weighted by Crippen LogP contribution is -2.18. The minimum absolute atomic E-state index is 0.0269. The Labute approximate surface area is 105 Å². The summed E-state index contributed by atoms with van der Waals surface area (Å²) >= 11 is 0. The molecule has 0 fully saturated rings. The number of ether oxygens (including phenoxy) is 2. The Morgan fingerprint density at radius 1 is 1.33 bits per heavy atom. The van der Waals surface area contributed by atoms with Gasteiger partial charge in [-0.1, -0.05) is 0 Å². The fourth-order valence-corrected chi connectivity index (χ4v) is 1.94. The minimum atomic E-state index is 0.0269. The van der Waals surface area contributed by atoms with Crippen molar-refractivity contribution in [3.8, 4) is 11.5 Å². The Bertz CT molecular complexity index is 575. The van der Waals surface area contributed by atoms with Crippen LogP contribution >= 0.6 is 0 Å². The third-order valence-corrected chi connectivity index (χ3v) is 2.82. The van der Waals surface area contributed by atoms with Crippen molar-refractivity contribution in [1.29, 1.82) is 0 Å². The molecule has 2 aromatic rings. The molecule has 0 saturated carbocycles. The fourth-order valence-electron chi connectivity index (χ4n) is 1.94. The van der Waals surface area contributed by atoms with Crippen molar-refractivity contribution < 1.29 is 14.3 Å². The molecule has 5 nitrogen and oxygen atoms in total. The Hall–Kier alpha value is -2.01. The van der Waals surface area contributed by atoms with Gasteiger partial charge >= 0.3 is 0 Å². The molecule has 1 aromatic heterocycles. The highest BCUT2D eigenvalue weighted by molar-refractivity contribution is 6.10. The molecule has 18 heavy (non-hydrogen) atoms. The second-order valence-electron chi connectivity index (χ2n) is 3.91. The van der Waals surface area contributed by atoms with E-state index in [9.17, 15) is 4.79 Å². The number of Topliss-reactive ketones (excluding diaryl/α,β-unsaturated/α-hetero) is 1. The zero-order valence-electron chi connectivity index (χ0n) is 10.7. The molecule has 0 aliphatic rings. The molecular formula is C13H16N2O3. The van der Waals surface area contributed by atoms with Crippen LogP contribution in [0.25, 0.3) is 10.9 Å². The molecule has 1 heterocycles. The molecule has 0 aliphatic heterocycles. The number of aromatic nitrogens is 1. The predicted octanol–water partition coefficient (Wildman–Crippen LogP) is 1.59. The van der Waals surface area contributed by atoms with Gasteiger partial charge in [0.1, 0.15) is 11.5 Å². The molecule has 0 bridgehead atoms. The number of aromatic amines is 1. The molecule has 2 rings (SSSR count). The number of rotatable bonds is 5. The van der Waals surface area contributed by atoms with Crippen LogP contribution in [0.15, 0.2) is 18.3 Å². The lowest BCUT2D eigenvalue weighted by Gasteiger charge is -2.06. The highest BCUT2D eigenvalue weighted by Crippen LogP contribution is 2.32. The maximum Gasteiger partial charge on any atom is 0.178 e. The van der Waals surface area contributed by atoms with Crippen molar-refractivity contribution in [3.05, 3.63) is 23.9 Å². The molecule has 0 unspecified atom stereocenters. The summed E-state index contributed by atoms with van der Waals surface area (Å²) in [7, 11) is 4.92. The van der Waals surface area contributed by atoms with Gasteiger partial charge in [-0.15, -0.1) is 0 Å².